The Bertz CT molecular complexity index is 876. The maximum atomic E-state index is 12.5. The number of hydrogen-bond acceptors (Lipinski definition) is 5. The van der Waals surface area contributed by atoms with Crippen molar-refractivity contribution in [2.45, 2.75) is 39.2 Å². The van der Waals surface area contributed by atoms with Crippen molar-refractivity contribution < 1.29 is 23.8 Å². The number of nitrogens with one attached hydrogen (secondary N) is 1. The molecule has 0 spiro atoms. The molecule has 2 aromatic rings. The van der Waals surface area contributed by atoms with E-state index in [0.717, 1.165) is 23.5 Å². The average molecular weight is 441 g/mol. The molecule has 0 radical (unpaired) electrons. The van der Waals surface area contributed by atoms with E-state index in [1.165, 1.54) is 0 Å². The van der Waals surface area contributed by atoms with Gasteiger partial charge >= 0.3 is 0 Å². The van der Waals surface area contributed by atoms with Crippen LogP contribution in [0.5, 0.6) is 17.2 Å². The molecule has 2 amide bonds. The van der Waals surface area contributed by atoms with E-state index in [4.69, 9.17) is 14.2 Å². The fraction of sp³-hybridized carbons (Fsp3) is 0.440. The summed E-state index contributed by atoms with van der Waals surface area (Å²) in [7, 11) is 0. The topological polar surface area (TPSA) is 77.1 Å². The third-order valence-corrected chi connectivity index (χ3v) is 5.42. The molecule has 1 aliphatic rings. The normalized spacial score (nSPS) is 14.0. The number of piperidine rings is 1. The molecule has 0 atom stereocenters. The summed E-state index contributed by atoms with van der Waals surface area (Å²) < 4.78 is 16.7. The van der Waals surface area contributed by atoms with Crippen LogP contribution in [0.3, 0.4) is 0 Å². The van der Waals surface area contributed by atoms with Gasteiger partial charge in [-0.15, -0.1) is 0 Å². The van der Waals surface area contributed by atoms with Crippen molar-refractivity contribution in [3.05, 3.63) is 54.1 Å². The second-order valence-corrected chi connectivity index (χ2v) is 7.67. The van der Waals surface area contributed by atoms with Gasteiger partial charge in [-0.05, 0) is 62.1 Å². The molecule has 1 saturated heterocycles. The monoisotopic (exact) mass is 440 g/mol. The predicted molar refractivity (Wildman–Crippen MR) is 122 cm³/mol. The fourth-order valence-electron chi connectivity index (χ4n) is 3.66. The van der Waals surface area contributed by atoms with E-state index in [1.807, 2.05) is 43.3 Å². The number of rotatable bonds is 10. The van der Waals surface area contributed by atoms with Crippen molar-refractivity contribution in [1.82, 2.24) is 10.2 Å². The first-order chi connectivity index (χ1) is 15.6. The van der Waals surface area contributed by atoms with Gasteiger partial charge in [-0.1, -0.05) is 25.1 Å². The highest BCUT2D eigenvalue weighted by molar-refractivity contribution is 5.79. The van der Waals surface area contributed by atoms with E-state index in [0.29, 0.717) is 38.3 Å². The number of carbonyl (C=O) groups excluding carboxylic acids is 2. The first-order valence-electron chi connectivity index (χ1n) is 11.2. The zero-order chi connectivity index (χ0) is 22.8. The van der Waals surface area contributed by atoms with Crippen LogP contribution in [0, 0.1) is 0 Å². The smallest absolute Gasteiger partial charge is 0.260 e. The Morgan fingerprint density at radius 3 is 2.22 bits per heavy atom. The lowest BCUT2D eigenvalue weighted by atomic mass is 10.1. The van der Waals surface area contributed by atoms with Gasteiger partial charge in [0.2, 0.25) is 0 Å². The number of hydrogen-bond donors (Lipinski definition) is 1. The molecular weight excluding hydrogens is 408 g/mol. The van der Waals surface area contributed by atoms with Crippen LogP contribution >= 0.6 is 0 Å². The van der Waals surface area contributed by atoms with Gasteiger partial charge in [0.1, 0.15) is 17.2 Å². The quantitative estimate of drug-likeness (QED) is 0.614. The minimum absolute atomic E-state index is 0.00428. The summed E-state index contributed by atoms with van der Waals surface area (Å²) in [5.41, 5.74) is 1.08. The Hall–Kier alpha value is -3.22. The third kappa shape index (κ3) is 6.90. The molecular formula is C25H32N2O5. The summed E-state index contributed by atoms with van der Waals surface area (Å²) in [6.45, 7) is 5.77. The number of ether oxygens (including phenoxy) is 3. The van der Waals surface area contributed by atoms with Crippen LogP contribution in [-0.2, 0) is 16.0 Å². The molecule has 0 saturated carbocycles. The molecule has 0 aliphatic carbocycles. The van der Waals surface area contributed by atoms with Crippen molar-refractivity contribution >= 4 is 11.8 Å². The molecule has 32 heavy (non-hydrogen) atoms. The van der Waals surface area contributed by atoms with Gasteiger partial charge in [-0.3, -0.25) is 9.59 Å². The lowest BCUT2D eigenvalue weighted by Gasteiger charge is -2.32. The SMILES string of the molecule is CCOc1ccc(OCC(=O)N2CCC(NC(=O)COc3ccccc3CC)CC2)cc1. The van der Waals surface area contributed by atoms with E-state index in [1.54, 1.807) is 17.0 Å². The number of amides is 2. The lowest BCUT2D eigenvalue weighted by Crippen LogP contribution is -2.48. The molecule has 1 fully saturated rings. The standard InChI is InChI=1S/C25H32N2O5/c1-3-19-7-5-6-8-23(19)32-17-24(28)26-20-13-15-27(16-14-20)25(29)18-31-22-11-9-21(10-12-22)30-4-2/h5-12,20H,3-4,13-18H2,1-2H3,(H,26,28). The van der Waals surface area contributed by atoms with Gasteiger partial charge in [0.15, 0.2) is 13.2 Å². The molecule has 172 valence electrons. The molecule has 3 rings (SSSR count). The Kier molecular flexibility index (Phi) is 8.78. The van der Waals surface area contributed by atoms with Crippen molar-refractivity contribution in [2.75, 3.05) is 32.9 Å². The van der Waals surface area contributed by atoms with Crippen LogP contribution in [0.2, 0.25) is 0 Å². The van der Waals surface area contributed by atoms with Gasteiger partial charge in [-0.25, -0.2) is 0 Å². The molecule has 1 N–H and O–H groups in total. The summed E-state index contributed by atoms with van der Waals surface area (Å²) in [6.07, 6.45) is 2.28. The predicted octanol–water partition coefficient (Wildman–Crippen LogP) is 3.21. The van der Waals surface area contributed by atoms with Crippen LogP contribution in [0.25, 0.3) is 0 Å². The fourth-order valence-corrected chi connectivity index (χ4v) is 3.66. The van der Waals surface area contributed by atoms with E-state index in [9.17, 15) is 9.59 Å². The van der Waals surface area contributed by atoms with Crippen molar-refractivity contribution in [3.63, 3.8) is 0 Å². The van der Waals surface area contributed by atoms with E-state index in [2.05, 4.69) is 12.2 Å². The van der Waals surface area contributed by atoms with Crippen molar-refractivity contribution in [2.24, 2.45) is 0 Å². The highest BCUT2D eigenvalue weighted by Crippen LogP contribution is 2.19. The molecule has 1 heterocycles. The largest absolute Gasteiger partial charge is 0.494 e. The van der Waals surface area contributed by atoms with Gasteiger partial charge in [0.05, 0.1) is 6.61 Å². The Morgan fingerprint density at radius 1 is 0.906 bits per heavy atom. The summed E-state index contributed by atoms with van der Waals surface area (Å²) in [6, 6.07) is 15.0. The first-order valence-corrected chi connectivity index (χ1v) is 11.2. The highest BCUT2D eigenvalue weighted by atomic mass is 16.5. The molecule has 2 aromatic carbocycles. The van der Waals surface area contributed by atoms with Gasteiger partial charge < -0.3 is 24.4 Å². The number of benzene rings is 2. The summed E-state index contributed by atoms with van der Waals surface area (Å²) in [5, 5.41) is 3.01. The van der Waals surface area contributed by atoms with Crippen molar-refractivity contribution in [3.8, 4) is 17.2 Å². The number of carbonyl (C=O) groups is 2. The van der Waals surface area contributed by atoms with Crippen LogP contribution in [0.15, 0.2) is 48.5 Å². The molecule has 7 heteroatoms. The average Bonchev–Trinajstić information content (AvgIpc) is 2.83. The minimum Gasteiger partial charge on any atom is -0.494 e. The maximum absolute atomic E-state index is 12.5. The Balaban J connectivity index is 1.36. The van der Waals surface area contributed by atoms with E-state index < -0.39 is 0 Å². The highest BCUT2D eigenvalue weighted by Gasteiger charge is 2.24. The van der Waals surface area contributed by atoms with Gasteiger partial charge in [-0.2, -0.15) is 0 Å². The van der Waals surface area contributed by atoms with Gasteiger partial charge in [0.25, 0.3) is 11.8 Å². The minimum atomic E-state index is -0.139. The second kappa shape index (κ2) is 12.0. The summed E-state index contributed by atoms with van der Waals surface area (Å²) >= 11 is 0. The summed E-state index contributed by atoms with van der Waals surface area (Å²) in [4.78, 5) is 26.5. The second-order valence-electron chi connectivity index (χ2n) is 7.67. The molecule has 7 nitrogen and oxygen atoms in total. The summed E-state index contributed by atoms with van der Waals surface area (Å²) in [5.74, 6) is 1.96. The zero-order valence-electron chi connectivity index (χ0n) is 18.8. The number of para-hydroxylation sites is 1. The van der Waals surface area contributed by atoms with Crippen LogP contribution in [-0.4, -0.2) is 55.7 Å². The van der Waals surface area contributed by atoms with Crippen LogP contribution < -0.4 is 19.5 Å². The number of likely N-dealkylation sites (tertiary alicyclic amines) is 1. The zero-order valence-corrected chi connectivity index (χ0v) is 18.8. The molecule has 1 aliphatic heterocycles. The lowest BCUT2D eigenvalue weighted by molar-refractivity contribution is -0.134. The molecule has 0 bridgehead atoms. The molecule has 0 unspecified atom stereocenters. The maximum Gasteiger partial charge on any atom is 0.260 e. The van der Waals surface area contributed by atoms with Crippen LogP contribution in [0.1, 0.15) is 32.3 Å². The van der Waals surface area contributed by atoms with E-state index in [-0.39, 0.29) is 31.1 Å². The third-order valence-electron chi connectivity index (χ3n) is 5.42. The molecule has 0 aromatic heterocycles. The first kappa shape index (κ1) is 23.4. The Labute approximate surface area is 189 Å². The van der Waals surface area contributed by atoms with Crippen molar-refractivity contribution in [1.29, 1.82) is 0 Å². The van der Waals surface area contributed by atoms with E-state index >= 15 is 0 Å². The Morgan fingerprint density at radius 2 is 1.56 bits per heavy atom. The van der Waals surface area contributed by atoms with Crippen LogP contribution in [0.4, 0.5) is 0 Å². The number of nitrogens with zero attached hydrogens (tertiary/aromatic N) is 1. The number of aryl methyl sites for hydroxylation is 1. The van der Waals surface area contributed by atoms with Gasteiger partial charge in [0, 0.05) is 19.1 Å².